The molecule has 0 saturated carbocycles. The fraction of sp³-hybridized carbons (Fsp3) is 0.500. The van der Waals surface area contributed by atoms with Gasteiger partial charge in [-0.1, -0.05) is 30.3 Å². The maximum Gasteiger partial charge on any atom is 0.285 e. The maximum atomic E-state index is 13.3. The Kier molecular flexibility index (Phi) is 3.01. The average molecular weight is 267 g/mol. The van der Waals surface area contributed by atoms with Crippen molar-refractivity contribution in [3.8, 4) is 0 Å². The summed E-state index contributed by atoms with van der Waals surface area (Å²) >= 11 is 0. The molecule has 0 radical (unpaired) electrons. The van der Waals surface area contributed by atoms with Crippen molar-refractivity contribution in [2.24, 2.45) is 0 Å². The smallest absolute Gasteiger partial charge is 0.285 e. The molecule has 2 heterocycles. The molecule has 0 N–H and O–H groups in total. The molecule has 19 heavy (non-hydrogen) atoms. The number of rotatable bonds is 3. The molecule has 3 nitrogen and oxygen atoms in total. The normalized spacial score (nSPS) is 30.2. The first-order valence-corrected chi connectivity index (χ1v) is 6.42. The Bertz CT molecular complexity index is 480. The predicted octanol–water partition coefficient (Wildman–Crippen LogP) is 2.21. The lowest BCUT2D eigenvalue weighted by Crippen LogP contribution is -2.50. The molecule has 0 aliphatic carbocycles. The summed E-state index contributed by atoms with van der Waals surface area (Å²) in [4.78, 5) is 13.2. The zero-order valence-corrected chi connectivity index (χ0v) is 10.4. The van der Waals surface area contributed by atoms with Gasteiger partial charge in [0, 0.05) is 12.8 Å². The van der Waals surface area contributed by atoms with Crippen molar-refractivity contribution < 1.29 is 18.3 Å². The van der Waals surface area contributed by atoms with Crippen molar-refractivity contribution in [3.05, 3.63) is 35.9 Å². The molecule has 2 aliphatic heterocycles. The monoisotopic (exact) mass is 267 g/mol. The van der Waals surface area contributed by atoms with Crippen LogP contribution in [0.1, 0.15) is 18.4 Å². The van der Waals surface area contributed by atoms with Gasteiger partial charge in [-0.25, -0.2) is 8.78 Å². The van der Waals surface area contributed by atoms with E-state index in [2.05, 4.69) is 0 Å². The van der Waals surface area contributed by atoms with E-state index in [-0.39, 0.29) is 31.4 Å². The van der Waals surface area contributed by atoms with E-state index in [0.717, 1.165) is 5.56 Å². The maximum absolute atomic E-state index is 13.3. The number of carbonyl (C=O) groups excluding carboxylic acids is 1. The minimum absolute atomic E-state index is 0.0921. The number of hydrogen-bond donors (Lipinski definition) is 0. The van der Waals surface area contributed by atoms with E-state index in [1.54, 1.807) is 0 Å². The number of carbonyl (C=O) groups is 1. The first-order chi connectivity index (χ1) is 9.13. The summed E-state index contributed by atoms with van der Waals surface area (Å²) in [5.74, 6) is -0.223. The van der Waals surface area contributed by atoms with Crippen molar-refractivity contribution in [2.75, 3.05) is 6.61 Å². The minimum atomic E-state index is -2.65. The Morgan fingerprint density at radius 3 is 2.79 bits per heavy atom. The number of halogens is 2. The highest BCUT2D eigenvalue weighted by molar-refractivity contribution is 5.80. The molecule has 1 amide bonds. The molecule has 2 aliphatic rings. The lowest BCUT2D eigenvalue weighted by molar-refractivity contribution is -0.171. The molecule has 1 aromatic carbocycles. The number of benzene rings is 1. The van der Waals surface area contributed by atoms with E-state index in [1.807, 2.05) is 30.3 Å². The van der Waals surface area contributed by atoms with Crippen LogP contribution in [-0.2, 0) is 16.0 Å². The quantitative estimate of drug-likeness (QED) is 0.840. The van der Waals surface area contributed by atoms with Gasteiger partial charge in [0.15, 0.2) is 0 Å². The van der Waals surface area contributed by atoms with E-state index in [4.69, 9.17) is 4.74 Å². The molecular weight excluding hydrogens is 252 g/mol. The van der Waals surface area contributed by atoms with Crippen molar-refractivity contribution in [1.82, 2.24) is 4.90 Å². The second-order valence-corrected chi connectivity index (χ2v) is 5.06. The molecule has 5 heteroatoms. The van der Waals surface area contributed by atoms with Crippen LogP contribution >= 0.6 is 0 Å². The highest BCUT2D eigenvalue weighted by Crippen LogP contribution is 2.43. The topological polar surface area (TPSA) is 29.5 Å². The zero-order valence-electron chi connectivity index (χ0n) is 10.4. The predicted molar refractivity (Wildman–Crippen MR) is 64.7 cm³/mol. The number of amides is 1. The molecule has 2 fully saturated rings. The van der Waals surface area contributed by atoms with Crippen LogP contribution in [0.15, 0.2) is 30.3 Å². The third-order valence-electron chi connectivity index (χ3n) is 3.92. The summed E-state index contributed by atoms with van der Waals surface area (Å²) in [6.45, 7) is 0.185. The fourth-order valence-electron chi connectivity index (χ4n) is 3.02. The first kappa shape index (κ1) is 12.5. The number of alkyl halides is 2. The Morgan fingerprint density at radius 2 is 2.11 bits per heavy atom. The second-order valence-electron chi connectivity index (χ2n) is 5.06. The van der Waals surface area contributed by atoms with Crippen LogP contribution in [0, 0.1) is 0 Å². The summed E-state index contributed by atoms with van der Waals surface area (Å²) in [5.41, 5.74) is -0.642. The van der Waals surface area contributed by atoms with Crippen molar-refractivity contribution >= 4 is 5.91 Å². The van der Waals surface area contributed by atoms with Crippen molar-refractivity contribution in [1.29, 1.82) is 0 Å². The van der Waals surface area contributed by atoms with E-state index < -0.39 is 12.2 Å². The first-order valence-electron chi connectivity index (χ1n) is 6.42. The lowest BCUT2D eigenvalue weighted by atomic mass is 10.1. The van der Waals surface area contributed by atoms with Gasteiger partial charge >= 0.3 is 0 Å². The molecule has 0 bridgehead atoms. The molecular formula is C14H15F2NO2. The molecule has 3 rings (SSSR count). The highest BCUT2D eigenvalue weighted by Gasteiger charge is 2.59. The van der Waals surface area contributed by atoms with Crippen LogP contribution in [0.25, 0.3) is 0 Å². The zero-order chi connectivity index (χ0) is 13.5. The van der Waals surface area contributed by atoms with Gasteiger partial charge in [0.25, 0.3) is 6.43 Å². The van der Waals surface area contributed by atoms with Crippen LogP contribution in [-0.4, -0.2) is 35.6 Å². The summed E-state index contributed by atoms with van der Waals surface area (Å²) in [6, 6.07) is 9.28. The Balaban J connectivity index is 1.83. The molecule has 0 aromatic heterocycles. The SMILES string of the molecule is O=C1CCC2(C(F)F)OCC(Cc3ccccc3)N12. The third kappa shape index (κ3) is 1.92. The van der Waals surface area contributed by atoms with Crippen LogP contribution in [0.5, 0.6) is 0 Å². The van der Waals surface area contributed by atoms with E-state index in [0.29, 0.717) is 6.42 Å². The number of nitrogens with zero attached hydrogens (tertiary/aromatic N) is 1. The lowest BCUT2D eigenvalue weighted by Gasteiger charge is -2.32. The van der Waals surface area contributed by atoms with Gasteiger partial charge in [-0.2, -0.15) is 0 Å². The van der Waals surface area contributed by atoms with E-state index in [9.17, 15) is 13.6 Å². The molecule has 2 unspecified atom stereocenters. The van der Waals surface area contributed by atoms with E-state index >= 15 is 0 Å². The van der Waals surface area contributed by atoms with Crippen LogP contribution in [0.4, 0.5) is 8.78 Å². The molecule has 2 atom stereocenters. The third-order valence-corrected chi connectivity index (χ3v) is 3.92. The van der Waals surface area contributed by atoms with Gasteiger partial charge in [-0.15, -0.1) is 0 Å². The Morgan fingerprint density at radius 1 is 1.37 bits per heavy atom. The van der Waals surface area contributed by atoms with Crippen molar-refractivity contribution in [3.63, 3.8) is 0 Å². The number of hydrogen-bond acceptors (Lipinski definition) is 2. The van der Waals surface area contributed by atoms with Gasteiger partial charge in [-0.3, -0.25) is 4.79 Å². The molecule has 1 aromatic rings. The average Bonchev–Trinajstić information content (AvgIpc) is 2.92. The van der Waals surface area contributed by atoms with Crippen LogP contribution in [0.2, 0.25) is 0 Å². The van der Waals surface area contributed by atoms with Crippen LogP contribution < -0.4 is 0 Å². The van der Waals surface area contributed by atoms with Gasteiger partial charge in [0.1, 0.15) is 0 Å². The minimum Gasteiger partial charge on any atom is -0.348 e. The molecule has 0 spiro atoms. The summed E-state index contributed by atoms with van der Waals surface area (Å²) in [5, 5.41) is 0. The molecule has 2 saturated heterocycles. The van der Waals surface area contributed by atoms with Gasteiger partial charge < -0.3 is 9.64 Å². The number of fused-ring (bicyclic) bond motifs is 1. The van der Waals surface area contributed by atoms with Gasteiger partial charge in [0.05, 0.1) is 12.6 Å². The van der Waals surface area contributed by atoms with Crippen LogP contribution in [0.3, 0.4) is 0 Å². The largest absolute Gasteiger partial charge is 0.348 e. The van der Waals surface area contributed by atoms with E-state index in [1.165, 1.54) is 4.90 Å². The van der Waals surface area contributed by atoms with Gasteiger partial charge in [-0.05, 0) is 12.0 Å². The summed E-state index contributed by atoms with van der Waals surface area (Å²) in [6.07, 6.45) is -1.86. The molecule has 102 valence electrons. The highest BCUT2D eigenvalue weighted by atomic mass is 19.3. The second kappa shape index (κ2) is 4.56. The Hall–Kier alpha value is -1.49. The fourth-order valence-corrected chi connectivity index (χ4v) is 3.02. The number of ether oxygens (including phenoxy) is 1. The standard InChI is InChI=1S/C14H15F2NO2/c15-13(16)14-7-6-12(18)17(14)11(9-19-14)8-10-4-2-1-3-5-10/h1-5,11,13H,6-9H2. The summed E-state index contributed by atoms with van der Waals surface area (Å²) < 4.78 is 31.8. The van der Waals surface area contributed by atoms with Crippen molar-refractivity contribution in [2.45, 2.75) is 37.5 Å². The van der Waals surface area contributed by atoms with Gasteiger partial charge in [0.2, 0.25) is 11.6 Å². The Labute approximate surface area is 110 Å². The summed E-state index contributed by atoms with van der Waals surface area (Å²) in [7, 11) is 0.